The van der Waals surface area contributed by atoms with Crippen molar-refractivity contribution >= 4 is 17.7 Å². The van der Waals surface area contributed by atoms with Crippen LogP contribution >= 0.6 is 11.8 Å². The highest BCUT2D eigenvalue weighted by molar-refractivity contribution is 7.99. The second-order valence-corrected chi connectivity index (χ2v) is 4.93. The molecule has 0 amide bonds. The molecule has 0 saturated carbocycles. The van der Waals surface area contributed by atoms with Crippen molar-refractivity contribution in [3.8, 4) is 0 Å². The molecule has 100 valence electrons. The molecule has 0 aromatic carbocycles. The predicted octanol–water partition coefficient (Wildman–Crippen LogP) is 1.91. The van der Waals surface area contributed by atoms with Crippen LogP contribution in [0.2, 0.25) is 0 Å². The van der Waals surface area contributed by atoms with Crippen LogP contribution in [0.1, 0.15) is 41.6 Å². The van der Waals surface area contributed by atoms with E-state index in [1.165, 1.54) is 11.8 Å². The number of aromatic carboxylic acids is 1. The van der Waals surface area contributed by atoms with Crippen LogP contribution in [0.3, 0.4) is 0 Å². The van der Waals surface area contributed by atoms with E-state index in [-0.39, 0.29) is 12.2 Å². The molecule has 6 heteroatoms. The normalized spacial score (nSPS) is 10.6. The molecule has 18 heavy (non-hydrogen) atoms. The molecule has 2 N–H and O–H groups in total. The van der Waals surface area contributed by atoms with Gasteiger partial charge in [-0.05, 0) is 25.5 Å². The van der Waals surface area contributed by atoms with Crippen molar-refractivity contribution in [1.29, 1.82) is 0 Å². The minimum Gasteiger partial charge on any atom is -0.478 e. The lowest BCUT2D eigenvalue weighted by molar-refractivity contribution is 0.0690. The van der Waals surface area contributed by atoms with Gasteiger partial charge in [-0.25, -0.2) is 14.8 Å². The van der Waals surface area contributed by atoms with Gasteiger partial charge in [-0.3, -0.25) is 0 Å². The van der Waals surface area contributed by atoms with Crippen molar-refractivity contribution in [3.63, 3.8) is 0 Å². The molecular formula is C12H18N2O3S. The molecule has 0 atom stereocenters. The number of nitrogens with zero attached hydrogens (tertiary/aromatic N) is 2. The molecule has 1 heterocycles. The Morgan fingerprint density at radius 2 is 2.06 bits per heavy atom. The van der Waals surface area contributed by atoms with Crippen LogP contribution in [0.15, 0.2) is 5.03 Å². The maximum Gasteiger partial charge on any atom is 0.340 e. The zero-order valence-corrected chi connectivity index (χ0v) is 11.5. The zero-order valence-electron chi connectivity index (χ0n) is 10.6. The van der Waals surface area contributed by atoms with Crippen LogP contribution < -0.4 is 0 Å². The number of aromatic nitrogens is 2. The molecule has 0 unspecified atom stereocenters. The number of unbranched alkanes of at least 4 members (excludes halogenated alkanes) is 1. The van der Waals surface area contributed by atoms with Gasteiger partial charge in [-0.15, -0.1) is 11.8 Å². The van der Waals surface area contributed by atoms with Crippen molar-refractivity contribution in [2.45, 2.75) is 38.1 Å². The topological polar surface area (TPSA) is 83.3 Å². The van der Waals surface area contributed by atoms with Crippen molar-refractivity contribution in [2.75, 3.05) is 12.4 Å². The smallest absolute Gasteiger partial charge is 0.340 e. The highest BCUT2D eigenvalue weighted by Crippen LogP contribution is 2.24. The van der Waals surface area contributed by atoms with Gasteiger partial charge in [0.05, 0.1) is 5.69 Å². The third kappa shape index (κ3) is 3.96. The summed E-state index contributed by atoms with van der Waals surface area (Å²) in [6.07, 6.45) is 2.25. The third-order valence-electron chi connectivity index (χ3n) is 2.42. The van der Waals surface area contributed by atoms with Gasteiger partial charge in [0.2, 0.25) is 0 Å². The SMILES string of the molecule is CCc1nc(C)c(C(=O)O)c(SCCCCO)n1. The minimum atomic E-state index is -0.986. The van der Waals surface area contributed by atoms with Crippen LogP contribution in [0.25, 0.3) is 0 Å². The number of carboxylic acid groups (broad SMARTS) is 1. The minimum absolute atomic E-state index is 0.162. The quantitative estimate of drug-likeness (QED) is 0.447. The molecule has 0 bridgehead atoms. The maximum absolute atomic E-state index is 11.2. The number of aliphatic hydroxyl groups is 1. The van der Waals surface area contributed by atoms with E-state index >= 15 is 0 Å². The summed E-state index contributed by atoms with van der Waals surface area (Å²) in [6.45, 7) is 3.80. The summed E-state index contributed by atoms with van der Waals surface area (Å²) in [4.78, 5) is 19.6. The van der Waals surface area contributed by atoms with Crippen LogP contribution in [-0.2, 0) is 6.42 Å². The number of carbonyl (C=O) groups is 1. The van der Waals surface area contributed by atoms with Crippen molar-refractivity contribution in [1.82, 2.24) is 9.97 Å². The molecule has 0 radical (unpaired) electrons. The first kappa shape index (κ1) is 14.9. The van der Waals surface area contributed by atoms with E-state index in [1.54, 1.807) is 6.92 Å². The lowest BCUT2D eigenvalue weighted by Crippen LogP contribution is -2.09. The Labute approximate surface area is 111 Å². The second-order valence-electron chi connectivity index (χ2n) is 3.84. The molecule has 0 saturated heterocycles. The molecule has 0 aliphatic carbocycles. The lowest BCUT2D eigenvalue weighted by Gasteiger charge is -2.09. The summed E-state index contributed by atoms with van der Waals surface area (Å²) in [5, 5.41) is 18.4. The number of aryl methyl sites for hydroxylation is 2. The third-order valence-corrected chi connectivity index (χ3v) is 3.49. The Bertz CT molecular complexity index is 424. The van der Waals surface area contributed by atoms with Gasteiger partial charge in [0, 0.05) is 13.0 Å². The molecular weight excluding hydrogens is 252 g/mol. The first-order valence-corrected chi connectivity index (χ1v) is 6.93. The Balaban J connectivity index is 2.91. The summed E-state index contributed by atoms with van der Waals surface area (Å²) in [7, 11) is 0. The fraction of sp³-hybridized carbons (Fsp3) is 0.583. The number of rotatable bonds is 7. The van der Waals surface area contributed by atoms with Crippen LogP contribution in [0.5, 0.6) is 0 Å². The van der Waals surface area contributed by atoms with Gasteiger partial charge in [0.15, 0.2) is 0 Å². The Hall–Kier alpha value is -1.14. The first-order valence-electron chi connectivity index (χ1n) is 5.94. The van der Waals surface area contributed by atoms with E-state index in [9.17, 15) is 9.90 Å². The van der Waals surface area contributed by atoms with E-state index in [0.717, 1.165) is 18.6 Å². The van der Waals surface area contributed by atoms with Gasteiger partial charge in [0.1, 0.15) is 16.4 Å². The number of hydrogen-bond acceptors (Lipinski definition) is 5. The maximum atomic E-state index is 11.2. The summed E-state index contributed by atoms with van der Waals surface area (Å²) >= 11 is 1.42. The van der Waals surface area contributed by atoms with E-state index in [4.69, 9.17) is 5.11 Å². The second kappa shape index (κ2) is 7.33. The summed E-state index contributed by atoms with van der Waals surface area (Å²) in [5.74, 6) is 0.433. The fourth-order valence-electron chi connectivity index (χ4n) is 1.49. The molecule has 5 nitrogen and oxygen atoms in total. The van der Waals surface area contributed by atoms with Gasteiger partial charge in [-0.1, -0.05) is 6.92 Å². The van der Waals surface area contributed by atoms with Gasteiger partial charge < -0.3 is 10.2 Å². The van der Waals surface area contributed by atoms with Gasteiger partial charge >= 0.3 is 5.97 Å². The zero-order chi connectivity index (χ0) is 13.5. The number of carboxylic acids is 1. The van der Waals surface area contributed by atoms with Gasteiger partial charge in [-0.2, -0.15) is 0 Å². The van der Waals surface area contributed by atoms with Crippen LogP contribution in [0, 0.1) is 6.92 Å². The van der Waals surface area contributed by atoms with Crippen molar-refractivity contribution < 1.29 is 15.0 Å². The highest BCUT2D eigenvalue weighted by Gasteiger charge is 2.17. The average Bonchev–Trinajstić information content (AvgIpc) is 2.33. The number of hydrogen-bond donors (Lipinski definition) is 2. The molecule has 0 fully saturated rings. The summed E-state index contributed by atoms with van der Waals surface area (Å²) < 4.78 is 0. The molecule has 0 aliphatic rings. The Morgan fingerprint density at radius 3 is 2.61 bits per heavy atom. The number of thioether (sulfide) groups is 1. The standard InChI is InChI=1S/C12H18N2O3S/c1-3-9-13-8(2)10(12(16)17)11(14-9)18-7-5-4-6-15/h15H,3-7H2,1-2H3,(H,16,17). The molecule has 0 spiro atoms. The predicted molar refractivity (Wildman–Crippen MR) is 70.2 cm³/mol. The average molecular weight is 270 g/mol. The van der Waals surface area contributed by atoms with Crippen LogP contribution in [0.4, 0.5) is 0 Å². The molecule has 1 aromatic rings. The lowest BCUT2D eigenvalue weighted by atomic mass is 10.2. The number of aliphatic hydroxyl groups excluding tert-OH is 1. The Morgan fingerprint density at radius 1 is 1.33 bits per heavy atom. The largest absolute Gasteiger partial charge is 0.478 e. The van der Waals surface area contributed by atoms with E-state index in [1.807, 2.05) is 6.92 Å². The van der Waals surface area contributed by atoms with Crippen LogP contribution in [-0.4, -0.2) is 38.5 Å². The van der Waals surface area contributed by atoms with Gasteiger partial charge in [0.25, 0.3) is 0 Å². The highest BCUT2D eigenvalue weighted by atomic mass is 32.2. The molecule has 1 rings (SSSR count). The monoisotopic (exact) mass is 270 g/mol. The first-order chi connectivity index (χ1) is 8.60. The summed E-state index contributed by atoms with van der Waals surface area (Å²) in [5.41, 5.74) is 0.709. The summed E-state index contributed by atoms with van der Waals surface area (Å²) in [6, 6.07) is 0. The molecule has 1 aromatic heterocycles. The molecule has 0 aliphatic heterocycles. The van der Waals surface area contributed by atoms with E-state index in [2.05, 4.69) is 9.97 Å². The van der Waals surface area contributed by atoms with Crippen molar-refractivity contribution in [2.24, 2.45) is 0 Å². The Kier molecular flexibility index (Phi) is 6.07. The van der Waals surface area contributed by atoms with E-state index < -0.39 is 5.97 Å². The van der Waals surface area contributed by atoms with E-state index in [0.29, 0.717) is 23.0 Å². The van der Waals surface area contributed by atoms with Crippen molar-refractivity contribution in [3.05, 3.63) is 17.1 Å². The fourth-order valence-corrected chi connectivity index (χ4v) is 2.58.